The SMILES string of the molecule is CCCn1cc(C(N)c2ccc(Cl)c(Cl)c2)cn1. The van der Waals surface area contributed by atoms with E-state index in [1.165, 1.54) is 0 Å². The Hall–Kier alpha value is -1.03. The van der Waals surface area contributed by atoms with E-state index in [0.717, 1.165) is 24.1 Å². The Kier molecular flexibility index (Phi) is 4.27. The summed E-state index contributed by atoms with van der Waals surface area (Å²) in [4.78, 5) is 0. The molecular weight excluding hydrogens is 269 g/mol. The number of rotatable bonds is 4. The first-order chi connectivity index (χ1) is 8.61. The molecule has 0 spiro atoms. The van der Waals surface area contributed by atoms with Crippen molar-refractivity contribution in [2.75, 3.05) is 0 Å². The van der Waals surface area contributed by atoms with Crippen LogP contribution in [0.4, 0.5) is 0 Å². The van der Waals surface area contributed by atoms with E-state index >= 15 is 0 Å². The minimum Gasteiger partial charge on any atom is -0.320 e. The Balaban J connectivity index is 2.23. The third-order valence-corrected chi connectivity index (χ3v) is 3.51. The highest BCUT2D eigenvalue weighted by molar-refractivity contribution is 6.42. The van der Waals surface area contributed by atoms with Gasteiger partial charge in [0.1, 0.15) is 0 Å². The molecule has 2 rings (SSSR count). The number of halogens is 2. The minimum atomic E-state index is -0.231. The molecule has 0 fully saturated rings. The number of aryl methyl sites for hydroxylation is 1. The van der Waals surface area contributed by atoms with Crippen molar-refractivity contribution in [2.24, 2.45) is 5.73 Å². The smallest absolute Gasteiger partial charge is 0.0595 e. The van der Waals surface area contributed by atoms with E-state index in [0.29, 0.717) is 10.0 Å². The highest BCUT2D eigenvalue weighted by atomic mass is 35.5. The first-order valence-corrected chi connectivity index (χ1v) is 6.60. The summed E-state index contributed by atoms with van der Waals surface area (Å²) in [6.07, 6.45) is 4.81. The van der Waals surface area contributed by atoms with Gasteiger partial charge in [-0.2, -0.15) is 5.10 Å². The maximum atomic E-state index is 6.19. The molecule has 0 bridgehead atoms. The van der Waals surface area contributed by atoms with Gasteiger partial charge in [0, 0.05) is 18.3 Å². The molecular formula is C13H15Cl2N3. The van der Waals surface area contributed by atoms with Crippen molar-refractivity contribution >= 4 is 23.2 Å². The molecule has 1 heterocycles. The molecule has 3 nitrogen and oxygen atoms in total. The summed E-state index contributed by atoms with van der Waals surface area (Å²) in [6.45, 7) is 3.01. The van der Waals surface area contributed by atoms with Crippen LogP contribution in [-0.2, 0) is 6.54 Å². The summed E-state index contributed by atoms with van der Waals surface area (Å²) in [7, 11) is 0. The zero-order chi connectivity index (χ0) is 13.1. The number of nitrogens with two attached hydrogens (primary N) is 1. The van der Waals surface area contributed by atoms with Gasteiger partial charge in [-0.3, -0.25) is 4.68 Å². The summed E-state index contributed by atoms with van der Waals surface area (Å²) < 4.78 is 1.90. The molecule has 0 aliphatic carbocycles. The van der Waals surface area contributed by atoms with Crippen molar-refractivity contribution in [1.29, 1.82) is 0 Å². The number of benzene rings is 1. The van der Waals surface area contributed by atoms with E-state index in [1.807, 2.05) is 16.9 Å². The van der Waals surface area contributed by atoms with Gasteiger partial charge in [0.15, 0.2) is 0 Å². The Morgan fingerprint density at radius 3 is 2.72 bits per heavy atom. The molecule has 0 aliphatic rings. The zero-order valence-electron chi connectivity index (χ0n) is 10.1. The van der Waals surface area contributed by atoms with Gasteiger partial charge in [0.2, 0.25) is 0 Å². The molecule has 18 heavy (non-hydrogen) atoms. The second-order valence-corrected chi connectivity index (χ2v) is 5.00. The molecule has 2 aromatic rings. The van der Waals surface area contributed by atoms with E-state index < -0.39 is 0 Å². The Morgan fingerprint density at radius 1 is 1.28 bits per heavy atom. The average molecular weight is 284 g/mol. The summed E-state index contributed by atoms with van der Waals surface area (Å²) >= 11 is 11.9. The molecule has 96 valence electrons. The van der Waals surface area contributed by atoms with Crippen molar-refractivity contribution in [1.82, 2.24) is 9.78 Å². The second kappa shape index (κ2) is 5.74. The van der Waals surface area contributed by atoms with Gasteiger partial charge in [0.25, 0.3) is 0 Å². The van der Waals surface area contributed by atoms with Gasteiger partial charge in [-0.05, 0) is 24.1 Å². The molecule has 1 aromatic carbocycles. The van der Waals surface area contributed by atoms with Gasteiger partial charge in [-0.15, -0.1) is 0 Å². The summed E-state index contributed by atoms with van der Waals surface area (Å²) in [5.41, 5.74) is 8.09. The number of aromatic nitrogens is 2. The molecule has 1 aromatic heterocycles. The van der Waals surface area contributed by atoms with Crippen LogP contribution in [0.5, 0.6) is 0 Å². The molecule has 2 N–H and O–H groups in total. The predicted octanol–water partition coefficient (Wildman–Crippen LogP) is 3.65. The maximum Gasteiger partial charge on any atom is 0.0595 e. The monoisotopic (exact) mass is 283 g/mol. The van der Waals surface area contributed by atoms with E-state index in [1.54, 1.807) is 18.3 Å². The van der Waals surface area contributed by atoms with Gasteiger partial charge in [-0.25, -0.2) is 0 Å². The average Bonchev–Trinajstić information content (AvgIpc) is 2.81. The molecule has 0 amide bonds. The van der Waals surface area contributed by atoms with Crippen LogP contribution in [-0.4, -0.2) is 9.78 Å². The van der Waals surface area contributed by atoms with Crippen LogP contribution in [0, 0.1) is 0 Å². The summed E-state index contributed by atoms with van der Waals surface area (Å²) in [5, 5.41) is 5.33. The molecule has 0 radical (unpaired) electrons. The lowest BCUT2D eigenvalue weighted by molar-refractivity contribution is 0.602. The fourth-order valence-electron chi connectivity index (χ4n) is 1.79. The minimum absolute atomic E-state index is 0.231. The van der Waals surface area contributed by atoms with Crippen LogP contribution in [0.25, 0.3) is 0 Å². The van der Waals surface area contributed by atoms with E-state index in [-0.39, 0.29) is 6.04 Å². The lowest BCUT2D eigenvalue weighted by Gasteiger charge is -2.10. The standard InChI is InChI=1S/C13H15Cl2N3/c1-2-5-18-8-10(7-17-18)13(16)9-3-4-11(14)12(15)6-9/h3-4,6-8,13H,2,5,16H2,1H3. The molecule has 1 atom stereocenters. The Morgan fingerprint density at radius 2 is 2.06 bits per heavy atom. The molecule has 0 saturated carbocycles. The second-order valence-electron chi connectivity index (χ2n) is 4.19. The largest absolute Gasteiger partial charge is 0.320 e. The summed E-state index contributed by atoms with van der Waals surface area (Å²) in [6, 6.07) is 5.21. The van der Waals surface area contributed by atoms with Gasteiger partial charge in [-0.1, -0.05) is 36.2 Å². The van der Waals surface area contributed by atoms with Crippen LogP contribution >= 0.6 is 23.2 Å². The highest BCUT2D eigenvalue weighted by Gasteiger charge is 2.12. The fraction of sp³-hybridized carbons (Fsp3) is 0.308. The van der Waals surface area contributed by atoms with Gasteiger partial charge < -0.3 is 5.73 Å². The molecule has 0 saturated heterocycles. The molecule has 5 heteroatoms. The Bertz CT molecular complexity index is 537. The molecule has 0 aliphatic heterocycles. The zero-order valence-corrected chi connectivity index (χ0v) is 11.6. The van der Waals surface area contributed by atoms with Gasteiger partial charge >= 0.3 is 0 Å². The first kappa shape index (κ1) is 13.4. The first-order valence-electron chi connectivity index (χ1n) is 5.84. The number of nitrogens with zero attached hydrogens (tertiary/aromatic N) is 2. The fourth-order valence-corrected chi connectivity index (χ4v) is 2.10. The van der Waals surface area contributed by atoms with Crippen LogP contribution in [0.2, 0.25) is 10.0 Å². The normalized spacial score (nSPS) is 12.7. The quantitative estimate of drug-likeness (QED) is 0.931. The maximum absolute atomic E-state index is 6.19. The van der Waals surface area contributed by atoms with Crippen molar-refractivity contribution < 1.29 is 0 Å². The number of hydrogen-bond donors (Lipinski definition) is 1. The molecule has 1 unspecified atom stereocenters. The van der Waals surface area contributed by atoms with E-state index in [2.05, 4.69) is 12.0 Å². The Labute approximate surface area is 117 Å². The third kappa shape index (κ3) is 2.86. The van der Waals surface area contributed by atoms with E-state index in [9.17, 15) is 0 Å². The predicted molar refractivity (Wildman–Crippen MR) is 75.0 cm³/mol. The van der Waals surface area contributed by atoms with Crippen LogP contribution in [0.1, 0.15) is 30.5 Å². The topological polar surface area (TPSA) is 43.8 Å². The number of hydrogen-bond acceptors (Lipinski definition) is 2. The van der Waals surface area contributed by atoms with Crippen molar-refractivity contribution in [3.63, 3.8) is 0 Å². The third-order valence-electron chi connectivity index (χ3n) is 2.77. The van der Waals surface area contributed by atoms with Gasteiger partial charge in [0.05, 0.1) is 22.3 Å². The van der Waals surface area contributed by atoms with Crippen LogP contribution < -0.4 is 5.73 Å². The lowest BCUT2D eigenvalue weighted by atomic mass is 10.0. The van der Waals surface area contributed by atoms with Crippen molar-refractivity contribution in [3.8, 4) is 0 Å². The summed E-state index contributed by atoms with van der Waals surface area (Å²) in [5.74, 6) is 0. The highest BCUT2D eigenvalue weighted by Crippen LogP contribution is 2.27. The lowest BCUT2D eigenvalue weighted by Crippen LogP contribution is -2.11. The van der Waals surface area contributed by atoms with Crippen molar-refractivity contribution in [3.05, 3.63) is 51.8 Å². The van der Waals surface area contributed by atoms with Crippen LogP contribution in [0.3, 0.4) is 0 Å². The van der Waals surface area contributed by atoms with Crippen molar-refractivity contribution in [2.45, 2.75) is 25.9 Å². The van der Waals surface area contributed by atoms with E-state index in [4.69, 9.17) is 28.9 Å². The van der Waals surface area contributed by atoms with Crippen LogP contribution in [0.15, 0.2) is 30.6 Å².